The van der Waals surface area contributed by atoms with Crippen LogP contribution in [0, 0.1) is 5.41 Å². The van der Waals surface area contributed by atoms with Gasteiger partial charge in [0.1, 0.15) is 12.1 Å². The van der Waals surface area contributed by atoms with E-state index in [4.69, 9.17) is 5.10 Å². The predicted molar refractivity (Wildman–Crippen MR) is 129 cm³/mol. The maximum Gasteiger partial charge on any atom is 0.330 e. The molecule has 1 aromatic heterocycles. The molecule has 0 bridgehead atoms. The molecule has 0 unspecified atom stereocenters. The third-order valence-corrected chi connectivity index (χ3v) is 5.40. The van der Waals surface area contributed by atoms with Crippen molar-refractivity contribution in [2.75, 3.05) is 16.9 Å². The molecular formula is C23H26N8O5. The number of hydrogen-bond donors (Lipinski definition) is 5. The third kappa shape index (κ3) is 5.31. The van der Waals surface area contributed by atoms with Crippen molar-refractivity contribution in [3.63, 3.8) is 0 Å². The number of aliphatic hydroxyl groups is 2. The van der Waals surface area contributed by atoms with E-state index in [1.807, 2.05) is 26.8 Å². The zero-order chi connectivity index (χ0) is 26.1. The number of amides is 4. The molecule has 0 atom stereocenters. The molecule has 2 aliphatic heterocycles. The Labute approximate surface area is 206 Å². The Balaban J connectivity index is 1.47. The number of urea groups is 1. The molecule has 1 fully saturated rings. The summed E-state index contributed by atoms with van der Waals surface area (Å²) in [7, 11) is 0. The molecular weight excluding hydrogens is 468 g/mol. The SMILES string of the molecule is CC(C)(C)C1=NN(c2ccc(CN3NC(=O)C(O)(O)C3=O)cc2)CC(NC(=O)Nc2ccncn2)=C1. The molecule has 0 saturated carbocycles. The summed E-state index contributed by atoms with van der Waals surface area (Å²) in [5.74, 6) is -5.05. The molecule has 4 rings (SSSR count). The van der Waals surface area contributed by atoms with Gasteiger partial charge in [-0.1, -0.05) is 32.9 Å². The van der Waals surface area contributed by atoms with Crippen molar-refractivity contribution in [1.29, 1.82) is 0 Å². The quantitative estimate of drug-likeness (QED) is 0.294. The molecule has 13 nitrogen and oxygen atoms in total. The van der Waals surface area contributed by atoms with Crippen molar-refractivity contribution >= 4 is 35.1 Å². The summed E-state index contributed by atoms with van der Waals surface area (Å²) in [5, 5.41) is 31.9. The number of hydrazine groups is 1. The first-order valence-corrected chi connectivity index (χ1v) is 11.0. The minimum atomic E-state index is -3.07. The maximum absolute atomic E-state index is 12.5. The second-order valence-electron chi connectivity index (χ2n) is 9.31. The Morgan fingerprint density at radius 2 is 1.86 bits per heavy atom. The predicted octanol–water partition coefficient (Wildman–Crippen LogP) is 0.459. The first-order chi connectivity index (χ1) is 16.9. The highest BCUT2D eigenvalue weighted by Crippen LogP contribution is 2.26. The minimum Gasteiger partial charge on any atom is -0.351 e. The number of aromatic nitrogens is 2. The normalized spacial score (nSPS) is 17.4. The standard InChI is InChI=1S/C23H26N8O5/c1-22(2,3)17-10-15(26-21(34)27-18-8-9-24-13-25-18)12-30(28-17)16-6-4-14(5-7-16)11-31-20(33)23(35,36)19(32)29-31/h4-10,13,35-36H,11-12H2,1-3H3,(H,29,32)(H2,24,25,26,27,34). The van der Waals surface area contributed by atoms with Crippen LogP contribution in [0.5, 0.6) is 0 Å². The van der Waals surface area contributed by atoms with Gasteiger partial charge < -0.3 is 15.5 Å². The molecule has 188 valence electrons. The monoisotopic (exact) mass is 494 g/mol. The van der Waals surface area contributed by atoms with Gasteiger partial charge in [-0.15, -0.1) is 0 Å². The number of nitrogens with zero attached hydrogens (tertiary/aromatic N) is 5. The van der Waals surface area contributed by atoms with Gasteiger partial charge in [0.05, 0.1) is 24.5 Å². The molecule has 0 radical (unpaired) electrons. The average Bonchev–Trinajstić information content (AvgIpc) is 3.01. The van der Waals surface area contributed by atoms with E-state index in [9.17, 15) is 24.6 Å². The Hall–Kier alpha value is -4.36. The van der Waals surface area contributed by atoms with Gasteiger partial charge in [0.2, 0.25) is 0 Å². The van der Waals surface area contributed by atoms with Crippen LogP contribution in [0.15, 0.2) is 59.7 Å². The molecule has 36 heavy (non-hydrogen) atoms. The summed E-state index contributed by atoms with van der Waals surface area (Å²) in [4.78, 5) is 43.8. The fourth-order valence-electron chi connectivity index (χ4n) is 3.42. The molecule has 2 aliphatic rings. The maximum atomic E-state index is 12.5. The van der Waals surface area contributed by atoms with Crippen LogP contribution >= 0.6 is 0 Å². The lowest BCUT2D eigenvalue weighted by Crippen LogP contribution is -2.43. The van der Waals surface area contributed by atoms with E-state index in [1.54, 1.807) is 35.3 Å². The molecule has 5 N–H and O–H groups in total. The van der Waals surface area contributed by atoms with Crippen molar-refractivity contribution in [3.8, 4) is 0 Å². The van der Waals surface area contributed by atoms with Crippen LogP contribution in [0.25, 0.3) is 0 Å². The van der Waals surface area contributed by atoms with Gasteiger partial charge in [0, 0.05) is 17.3 Å². The van der Waals surface area contributed by atoms with Crippen LogP contribution in [0.1, 0.15) is 26.3 Å². The molecule has 13 heteroatoms. The van der Waals surface area contributed by atoms with Crippen molar-refractivity contribution in [3.05, 3.63) is 60.2 Å². The van der Waals surface area contributed by atoms with Gasteiger partial charge in [-0.2, -0.15) is 5.10 Å². The zero-order valence-electron chi connectivity index (χ0n) is 19.9. The number of hydrazone groups is 1. The highest BCUT2D eigenvalue weighted by molar-refractivity contribution is 6.10. The summed E-state index contributed by atoms with van der Waals surface area (Å²) < 4.78 is 0. The Kier molecular flexibility index (Phi) is 6.43. The highest BCUT2D eigenvalue weighted by atomic mass is 16.5. The lowest BCUT2D eigenvalue weighted by molar-refractivity contribution is -0.186. The number of benzene rings is 1. The van der Waals surface area contributed by atoms with Crippen molar-refractivity contribution in [2.24, 2.45) is 10.5 Å². The van der Waals surface area contributed by atoms with Crippen LogP contribution < -0.4 is 21.1 Å². The highest BCUT2D eigenvalue weighted by Gasteiger charge is 2.52. The number of carbonyl (C=O) groups excluding carboxylic acids is 3. The zero-order valence-corrected chi connectivity index (χ0v) is 19.9. The fraction of sp³-hybridized carbons (Fsp3) is 0.304. The molecule has 0 aliphatic carbocycles. The number of allylic oxidation sites excluding steroid dienone is 1. The average molecular weight is 495 g/mol. The molecule has 0 spiro atoms. The van der Waals surface area contributed by atoms with Crippen LogP contribution in [0.3, 0.4) is 0 Å². The number of carbonyl (C=O) groups is 3. The van der Waals surface area contributed by atoms with Crippen molar-refractivity contribution in [1.82, 2.24) is 25.7 Å². The number of rotatable bonds is 5. The number of nitrogens with one attached hydrogen (secondary N) is 3. The summed E-state index contributed by atoms with van der Waals surface area (Å²) in [5.41, 5.74) is 4.57. The minimum absolute atomic E-state index is 0.0554. The number of anilines is 2. The third-order valence-electron chi connectivity index (χ3n) is 5.40. The van der Waals surface area contributed by atoms with E-state index in [2.05, 4.69) is 26.0 Å². The molecule has 1 aromatic carbocycles. The molecule has 1 saturated heterocycles. The summed E-state index contributed by atoms with van der Waals surface area (Å²) in [6.07, 6.45) is 4.70. The van der Waals surface area contributed by atoms with E-state index in [-0.39, 0.29) is 18.5 Å². The van der Waals surface area contributed by atoms with E-state index >= 15 is 0 Å². The lowest BCUT2D eigenvalue weighted by atomic mass is 9.89. The topological polar surface area (TPSA) is 172 Å². The number of hydrogen-bond acceptors (Lipinski definition) is 9. The van der Waals surface area contributed by atoms with Crippen molar-refractivity contribution in [2.45, 2.75) is 33.1 Å². The van der Waals surface area contributed by atoms with E-state index in [0.29, 0.717) is 17.1 Å². The molecule has 4 amide bonds. The molecule has 2 aromatic rings. The van der Waals surface area contributed by atoms with Gasteiger partial charge in [0.15, 0.2) is 0 Å². The largest absolute Gasteiger partial charge is 0.351 e. The van der Waals surface area contributed by atoms with E-state index in [1.165, 1.54) is 12.5 Å². The van der Waals surface area contributed by atoms with E-state index in [0.717, 1.165) is 16.4 Å². The summed E-state index contributed by atoms with van der Waals surface area (Å²) in [6.45, 7) is 6.26. The second-order valence-corrected chi connectivity index (χ2v) is 9.31. The van der Waals surface area contributed by atoms with Gasteiger partial charge in [-0.25, -0.2) is 19.8 Å². The van der Waals surface area contributed by atoms with Gasteiger partial charge >= 0.3 is 23.6 Å². The Bertz CT molecular complexity index is 1240. The van der Waals surface area contributed by atoms with Gasteiger partial charge in [-0.05, 0) is 29.8 Å². The fourth-order valence-corrected chi connectivity index (χ4v) is 3.42. The summed E-state index contributed by atoms with van der Waals surface area (Å²) >= 11 is 0. The second kappa shape index (κ2) is 9.36. The van der Waals surface area contributed by atoms with Crippen molar-refractivity contribution < 1.29 is 24.6 Å². The van der Waals surface area contributed by atoms with Crippen LogP contribution in [0.2, 0.25) is 0 Å². The van der Waals surface area contributed by atoms with Gasteiger partial charge in [-0.3, -0.25) is 25.3 Å². The van der Waals surface area contributed by atoms with Crippen LogP contribution in [0.4, 0.5) is 16.3 Å². The van der Waals surface area contributed by atoms with Gasteiger partial charge in [0.25, 0.3) is 0 Å². The summed E-state index contributed by atoms with van der Waals surface area (Å²) in [6, 6.07) is 8.12. The molecule has 3 heterocycles. The Morgan fingerprint density at radius 1 is 1.14 bits per heavy atom. The van der Waals surface area contributed by atoms with Crippen LogP contribution in [-0.2, 0) is 16.1 Å². The van der Waals surface area contributed by atoms with E-state index < -0.39 is 23.6 Å². The smallest absolute Gasteiger partial charge is 0.330 e. The lowest BCUT2D eigenvalue weighted by Gasteiger charge is -2.30. The Morgan fingerprint density at radius 3 is 2.44 bits per heavy atom. The first-order valence-electron chi connectivity index (χ1n) is 11.0. The first kappa shape index (κ1) is 24.8. The van der Waals surface area contributed by atoms with Crippen LogP contribution in [-0.4, -0.2) is 61.1 Å².